The fourth-order valence-electron chi connectivity index (χ4n) is 2.48. The summed E-state index contributed by atoms with van der Waals surface area (Å²) in [5, 5.41) is 9.52. The molecule has 1 N–H and O–H groups in total. The fourth-order valence-corrected chi connectivity index (χ4v) is 2.48. The van der Waals surface area contributed by atoms with Crippen molar-refractivity contribution in [3.05, 3.63) is 59.7 Å². The Bertz CT molecular complexity index is 764. The van der Waals surface area contributed by atoms with Crippen LogP contribution in [0.25, 0.3) is 11.0 Å². The number of phenolic OH excluding ortho intramolecular Hbond substituents is 1. The standard InChI is InChI=1S/C16H15FN2O/c1-2-19-15-10-12(17)6-7-14(15)18-16(19)9-11-4-3-5-13(20)8-11/h3-8,10,20H,2,9H2,1H3. The van der Waals surface area contributed by atoms with Crippen molar-refractivity contribution in [1.82, 2.24) is 9.55 Å². The minimum absolute atomic E-state index is 0.243. The molecule has 1 aromatic heterocycles. The lowest BCUT2D eigenvalue weighted by Gasteiger charge is -2.06. The van der Waals surface area contributed by atoms with Crippen LogP contribution in [0.1, 0.15) is 18.3 Å². The number of halogens is 1. The van der Waals surface area contributed by atoms with Crippen molar-refractivity contribution in [2.24, 2.45) is 0 Å². The lowest BCUT2D eigenvalue weighted by molar-refractivity contribution is 0.474. The van der Waals surface area contributed by atoms with Gasteiger partial charge in [0.15, 0.2) is 0 Å². The lowest BCUT2D eigenvalue weighted by atomic mass is 10.1. The smallest absolute Gasteiger partial charge is 0.125 e. The van der Waals surface area contributed by atoms with Gasteiger partial charge in [0.2, 0.25) is 0 Å². The summed E-state index contributed by atoms with van der Waals surface area (Å²) in [5.41, 5.74) is 2.58. The van der Waals surface area contributed by atoms with Gasteiger partial charge in [-0.05, 0) is 42.8 Å². The molecule has 2 aromatic carbocycles. The minimum atomic E-state index is -0.254. The second kappa shape index (κ2) is 4.96. The molecule has 1 heterocycles. The van der Waals surface area contributed by atoms with Crippen LogP contribution in [-0.4, -0.2) is 14.7 Å². The van der Waals surface area contributed by atoms with Crippen LogP contribution >= 0.6 is 0 Å². The molecule has 3 aromatic rings. The number of aryl methyl sites for hydroxylation is 1. The van der Waals surface area contributed by atoms with Gasteiger partial charge in [-0.15, -0.1) is 0 Å². The van der Waals surface area contributed by atoms with Gasteiger partial charge in [0, 0.05) is 13.0 Å². The highest BCUT2D eigenvalue weighted by Crippen LogP contribution is 2.21. The highest BCUT2D eigenvalue weighted by atomic mass is 19.1. The number of hydrogen-bond donors (Lipinski definition) is 1. The first-order valence-corrected chi connectivity index (χ1v) is 6.60. The second-order valence-electron chi connectivity index (χ2n) is 4.75. The molecule has 0 saturated carbocycles. The Balaban J connectivity index is 2.07. The van der Waals surface area contributed by atoms with Crippen LogP contribution < -0.4 is 0 Å². The number of aromatic nitrogens is 2. The van der Waals surface area contributed by atoms with Gasteiger partial charge in [-0.2, -0.15) is 0 Å². The molecule has 102 valence electrons. The van der Waals surface area contributed by atoms with Crippen molar-refractivity contribution in [2.45, 2.75) is 19.9 Å². The number of hydrogen-bond acceptors (Lipinski definition) is 2. The van der Waals surface area contributed by atoms with Crippen LogP contribution in [0, 0.1) is 5.82 Å². The molecule has 0 atom stereocenters. The van der Waals surface area contributed by atoms with E-state index in [1.165, 1.54) is 12.1 Å². The summed E-state index contributed by atoms with van der Waals surface area (Å²) >= 11 is 0. The molecule has 0 radical (unpaired) electrons. The van der Waals surface area contributed by atoms with E-state index in [-0.39, 0.29) is 11.6 Å². The summed E-state index contributed by atoms with van der Waals surface area (Å²) in [6, 6.07) is 11.7. The average Bonchev–Trinajstić information content (AvgIpc) is 2.75. The van der Waals surface area contributed by atoms with Crippen LogP contribution in [0.2, 0.25) is 0 Å². The molecule has 3 rings (SSSR count). The Labute approximate surface area is 116 Å². The van der Waals surface area contributed by atoms with Crippen molar-refractivity contribution >= 4 is 11.0 Å². The molecule has 0 aliphatic heterocycles. The van der Waals surface area contributed by atoms with E-state index in [1.54, 1.807) is 18.2 Å². The van der Waals surface area contributed by atoms with E-state index < -0.39 is 0 Å². The first kappa shape index (κ1) is 12.7. The van der Waals surface area contributed by atoms with E-state index >= 15 is 0 Å². The van der Waals surface area contributed by atoms with E-state index in [4.69, 9.17) is 0 Å². The highest BCUT2D eigenvalue weighted by molar-refractivity contribution is 5.76. The summed E-state index contributed by atoms with van der Waals surface area (Å²) < 4.78 is 15.4. The van der Waals surface area contributed by atoms with Crippen LogP contribution in [0.3, 0.4) is 0 Å². The van der Waals surface area contributed by atoms with E-state index in [1.807, 2.05) is 23.6 Å². The monoisotopic (exact) mass is 270 g/mol. The van der Waals surface area contributed by atoms with Gasteiger partial charge in [-0.3, -0.25) is 0 Å². The number of aromatic hydroxyl groups is 1. The molecule has 0 aliphatic carbocycles. The zero-order valence-corrected chi connectivity index (χ0v) is 11.2. The summed E-state index contributed by atoms with van der Waals surface area (Å²) in [6.45, 7) is 2.74. The molecule has 0 fully saturated rings. The van der Waals surface area contributed by atoms with Gasteiger partial charge >= 0.3 is 0 Å². The topological polar surface area (TPSA) is 38.0 Å². The quantitative estimate of drug-likeness (QED) is 0.791. The van der Waals surface area contributed by atoms with Gasteiger partial charge in [0.05, 0.1) is 11.0 Å². The summed E-state index contributed by atoms with van der Waals surface area (Å²) in [7, 11) is 0. The zero-order chi connectivity index (χ0) is 14.1. The molecule has 0 bridgehead atoms. The first-order chi connectivity index (χ1) is 9.67. The fraction of sp³-hybridized carbons (Fsp3) is 0.188. The van der Waals surface area contributed by atoms with Crippen molar-refractivity contribution in [2.75, 3.05) is 0 Å². The van der Waals surface area contributed by atoms with E-state index in [0.717, 1.165) is 29.0 Å². The lowest BCUT2D eigenvalue weighted by Crippen LogP contribution is -2.02. The van der Waals surface area contributed by atoms with Gasteiger partial charge < -0.3 is 9.67 Å². The SMILES string of the molecule is CCn1c(Cc2cccc(O)c2)nc2ccc(F)cc21. The van der Waals surface area contributed by atoms with Crippen LogP contribution in [0.5, 0.6) is 5.75 Å². The van der Waals surface area contributed by atoms with E-state index in [2.05, 4.69) is 4.98 Å². The number of rotatable bonds is 3. The Morgan fingerprint density at radius 3 is 2.80 bits per heavy atom. The molecule has 20 heavy (non-hydrogen) atoms. The Hall–Kier alpha value is -2.36. The number of nitrogens with zero attached hydrogens (tertiary/aromatic N) is 2. The van der Waals surface area contributed by atoms with Crippen LogP contribution in [0.15, 0.2) is 42.5 Å². The molecule has 0 aliphatic rings. The van der Waals surface area contributed by atoms with Gasteiger partial charge in [-0.25, -0.2) is 9.37 Å². The van der Waals surface area contributed by atoms with Crippen molar-refractivity contribution < 1.29 is 9.50 Å². The summed E-state index contributed by atoms with van der Waals surface area (Å²) in [5.74, 6) is 0.863. The molecule has 0 spiro atoms. The Morgan fingerprint density at radius 1 is 1.20 bits per heavy atom. The Morgan fingerprint density at radius 2 is 2.05 bits per heavy atom. The first-order valence-electron chi connectivity index (χ1n) is 6.60. The van der Waals surface area contributed by atoms with E-state index in [0.29, 0.717) is 6.42 Å². The third kappa shape index (κ3) is 2.25. The maximum Gasteiger partial charge on any atom is 0.125 e. The molecular weight excluding hydrogens is 255 g/mol. The predicted octanol–water partition coefficient (Wildman–Crippen LogP) is 3.49. The molecule has 0 saturated heterocycles. The summed E-state index contributed by atoms with van der Waals surface area (Å²) in [6.07, 6.45) is 0.610. The summed E-state index contributed by atoms with van der Waals surface area (Å²) in [4.78, 5) is 4.56. The van der Waals surface area contributed by atoms with Crippen molar-refractivity contribution in [1.29, 1.82) is 0 Å². The maximum atomic E-state index is 13.4. The average molecular weight is 270 g/mol. The van der Waals surface area contributed by atoms with Crippen molar-refractivity contribution in [3.63, 3.8) is 0 Å². The van der Waals surface area contributed by atoms with Gasteiger partial charge in [0.1, 0.15) is 17.4 Å². The van der Waals surface area contributed by atoms with Crippen molar-refractivity contribution in [3.8, 4) is 5.75 Å². The molecule has 4 heteroatoms. The van der Waals surface area contributed by atoms with Gasteiger partial charge in [-0.1, -0.05) is 12.1 Å². The van der Waals surface area contributed by atoms with Gasteiger partial charge in [0.25, 0.3) is 0 Å². The molecule has 0 unspecified atom stereocenters. The number of fused-ring (bicyclic) bond motifs is 1. The maximum absolute atomic E-state index is 13.4. The largest absolute Gasteiger partial charge is 0.508 e. The third-order valence-electron chi connectivity index (χ3n) is 3.38. The second-order valence-corrected chi connectivity index (χ2v) is 4.75. The Kier molecular flexibility index (Phi) is 3.14. The molecular formula is C16H15FN2O. The van der Waals surface area contributed by atoms with E-state index in [9.17, 15) is 9.50 Å². The minimum Gasteiger partial charge on any atom is -0.508 e. The zero-order valence-electron chi connectivity index (χ0n) is 11.2. The normalized spacial score (nSPS) is 11.1. The third-order valence-corrected chi connectivity index (χ3v) is 3.38. The molecule has 3 nitrogen and oxygen atoms in total. The molecule has 0 amide bonds. The predicted molar refractivity (Wildman–Crippen MR) is 76.3 cm³/mol. The number of phenols is 1. The number of benzene rings is 2. The van der Waals surface area contributed by atoms with Crippen LogP contribution in [-0.2, 0) is 13.0 Å². The number of imidazole rings is 1. The highest BCUT2D eigenvalue weighted by Gasteiger charge is 2.11. The van der Waals surface area contributed by atoms with Crippen LogP contribution in [0.4, 0.5) is 4.39 Å².